The topological polar surface area (TPSA) is 34.4 Å². The Bertz CT molecular complexity index is 238. The van der Waals surface area contributed by atoms with E-state index in [4.69, 9.17) is 9.15 Å². The van der Waals surface area contributed by atoms with Gasteiger partial charge in [0.2, 0.25) is 0 Å². The molecule has 0 radical (unpaired) electrons. The Balaban J connectivity index is 0.000000845. The Morgan fingerprint density at radius 3 is 3.00 bits per heavy atom. The summed E-state index contributed by atoms with van der Waals surface area (Å²) in [7, 11) is 0. The van der Waals surface area contributed by atoms with Crippen LogP contribution in [0, 0.1) is 0 Å². The molecule has 1 aromatic rings. The Labute approximate surface area is 83.9 Å². The molecule has 1 fully saturated rings. The van der Waals surface area contributed by atoms with Gasteiger partial charge in [-0.3, -0.25) is 5.32 Å². The van der Waals surface area contributed by atoms with E-state index >= 15 is 0 Å². The fourth-order valence-electron chi connectivity index (χ4n) is 1.40. The average molecular weight is 204 g/mol. The van der Waals surface area contributed by atoms with Gasteiger partial charge in [0.25, 0.3) is 0 Å². The van der Waals surface area contributed by atoms with Crippen LogP contribution in [-0.4, -0.2) is 18.9 Å². The summed E-state index contributed by atoms with van der Waals surface area (Å²) in [5.74, 6) is 0.974. The van der Waals surface area contributed by atoms with E-state index < -0.39 is 0 Å². The van der Waals surface area contributed by atoms with Gasteiger partial charge >= 0.3 is 0 Å². The molecule has 3 nitrogen and oxygen atoms in total. The van der Waals surface area contributed by atoms with E-state index in [1.807, 2.05) is 12.1 Å². The largest absolute Gasteiger partial charge is 0.469 e. The molecule has 2 atom stereocenters. The summed E-state index contributed by atoms with van der Waals surface area (Å²) in [5, 5.41) is 3.31. The predicted octanol–water partition coefficient (Wildman–Crippen LogP) is 1.58. The van der Waals surface area contributed by atoms with Crippen molar-refractivity contribution in [1.82, 2.24) is 5.32 Å². The summed E-state index contributed by atoms with van der Waals surface area (Å²) in [6.07, 6.45) is 2.64. The molecule has 4 heteroatoms. The van der Waals surface area contributed by atoms with Crippen molar-refractivity contribution in [3.8, 4) is 0 Å². The first kappa shape index (κ1) is 10.6. The first-order valence-electron chi connectivity index (χ1n) is 4.24. The van der Waals surface area contributed by atoms with E-state index in [2.05, 4.69) is 12.2 Å². The second-order valence-corrected chi connectivity index (χ2v) is 3.17. The van der Waals surface area contributed by atoms with Crippen molar-refractivity contribution in [2.75, 3.05) is 6.61 Å². The minimum atomic E-state index is 0. The molecule has 13 heavy (non-hydrogen) atoms. The summed E-state index contributed by atoms with van der Waals surface area (Å²) in [5.41, 5.74) is 0. The molecule has 1 aromatic heterocycles. The van der Waals surface area contributed by atoms with Crippen LogP contribution in [-0.2, 0) is 11.2 Å². The second-order valence-electron chi connectivity index (χ2n) is 3.17. The van der Waals surface area contributed by atoms with Gasteiger partial charge in [0.05, 0.1) is 12.9 Å². The van der Waals surface area contributed by atoms with Crippen LogP contribution in [0.25, 0.3) is 0 Å². The fourth-order valence-corrected chi connectivity index (χ4v) is 1.40. The van der Waals surface area contributed by atoms with Crippen molar-refractivity contribution in [2.45, 2.75) is 25.6 Å². The van der Waals surface area contributed by atoms with Gasteiger partial charge in [-0.15, -0.1) is 12.4 Å². The van der Waals surface area contributed by atoms with Crippen molar-refractivity contribution in [1.29, 1.82) is 0 Å². The molecular weight excluding hydrogens is 190 g/mol. The second kappa shape index (κ2) is 4.65. The number of nitrogens with one attached hydrogen (secondary N) is 1. The van der Waals surface area contributed by atoms with Gasteiger partial charge in [-0.1, -0.05) is 0 Å². The highest BCUT2D eigenvalue weighted by Gasteiger charge is 2.21. The zero-order chi connectivity index (χ0) is 8.39. The van der Waals surface area contributed by atoms with Crippen LogP contribution in [0.15, 0.2) is 22.8 Å². The summed E-state index contributed by atoms with van der Waals surface area (Å²) in [6.45, 7) is 2.91. The Morgan fingerprint density at radius 1 is 1.62 bits per heavy atom. The number of ether oxygens (including phenoxy) is 1. The molecule has 1 aliphatic rings. The van der Waals surface area contributed by atoms with Crippen molar-refractivity contribution < 1.29 is 9.15 Å². The van der Waals surface area contributed by atoms with Crippen molar-refractivity contribution in [2.24, 2.45) is 0 Å². The molecule has 2 heterocycles. The van der Waals surface area contributed by atoms with Crippen molar-refractivity contribution in [3.63, 3.8) is 0 Å². The van der Waals surface area contributed by atoms with Gasteiger partial charge in [0.15, 0.2) is 0 Å². The fraction of sp³-hybridized carbons (Fsp3) is 0.556. The van der Waals surface area contributed by atoms with Crippen LogP contribution in [0.3, 0.4) is 0 Å². The third-order valence-corrected chi connectivity index (χ3v) is 1.98. The minimum absolute atomic E-state index is 0. The molecule has 0 aromatic carbocycles. The summed E-state index contributed by atoms with van der Waals surface area (Å²) >= 11 is 0. The first-order chi connectivity index (χ1) is 5.84. The van der Waals surface area contributed by atoms with Gasteiger partial charge in [0.1, 0.15) is 12.0 Å². The third-order valence-electron chi connectivity index (χ3n) is 1.98. The highest BCUT2D eigenvalue weighted by molar-refractivity contribution is 5.85. The zero-order valence-electron chi connectivity index (χ0n) is 7.53. The van der Waals surface area contributed by atoms with E-state index in [0.29, 0.717) is 6.04 Å². The average Bonchev–Trinajstić information content (AvgIpc) is 2.63. The number of halogens is 1. The van der Waals surface area contributed by atoms with E-state index in [0.717, 1.165) is 18.8 Å². The van der Waals surface area contributed by atoms with Crippen LogP contribution in [0.2, 0.25) is 0 Å². The normalized spacial score (nSPS) is 27.2. The van der Waals surface area contributed by atoms with E-state index in [-0.39, 0.29) is 18.6 Å². The maximum Gasteiger partial charge on any atom is 0.115 e. The predicted molar refractivity (Wildman–Crippen MR) is 52.0 cm³/mol. The van der Waals surface area contributed by atoms with Crippen molar-refractivity contribution >= 4 is 12.4 Å². The quantitative estimate of drug-likeness (QED) is 0.793. The molecule has 0 saturated carbocycles. The highest BCUT2D eigenvalue weighted by Crippen LogP contribution is 2.09. The van der Waals surface area contributed by atoms with Gasteiger partial charge in [-0.25, -0.2) is 0 Å². The number of rotatable bonds is 2. The van der Waals surface area contributed by atoms with E-state index in [9.17, 15) is 0 Å². The molecule has 0 aliphatic carbocycles. The maximum atomic E-state index is 5.47. The first-order valence-corrected chi connectivity index (χ1v) is 4.24. The third kappa shape index (κ3) is 2.72. The van der Waals surface area contributed by atoms with Crippen LogP contribution in [0.4, 0.5) is 0 Å². The van der Waals surface area contributed by atoms with Gasteiger partial charge < -0.3 is 9.15 Å². The summed E-state index contributed by atoms with van der Waals surface area (Å²) < 4.78 is 10.7. The molecule has 1 N–H and O–H groups in total. The van der Waals surface area contributed by atoms with Gasteiger partial charge in [-0.2, -0.15) is 0 Å². The summed E-state index contributed by atoms with van der Waals surface area (Å²) in [4.78, 5) is 0. The standard InChI is InChI=1S/C9H13NO2.ClH/c1-7-6-12-9(10-7)5-8-3-2-4-11-8;/h2-4,7,9-10H,5-6H2,1H3;1H. The monoisotopic (exact) mass is 203 g/mol. The van der Waals surface area contributed by atoms with Gasteiger partial charge in [-0.05, 0) is 19.1 Å². The van der Waals surface area contributed by atoms with E-state index in [1.54, 1.807) is 6.26 Å². The highest BCUT2D eigenvalue weighted by atomic mass is 35.5. The molecular formula is C9H14ClNO2. The number of furan rings is 1. The Morgan fingerprint density at radius 2 is 2.46 bits per heavy atom. The molecule has 74 valence electrons. The number of hydrogen-bond acceptors (Lipinski definition) is 3. The van der Waals surface area contributed by atoms with E-state index in [1.165, 1.54) is 0 Å². The molecule has 1 saturated heterocycles. The Hall–Kier alpha value is -0.510. The minimum Gasteiger partial charge on any atom is -0.469 e. The lowest BCUT2D eigenvalue weighted by atomic mass is 10.3. The molecule has 0 spiro atoms. The van der Waals surface area contributed by atoms with Crippen LogP contribution in [0.1, 0.15) is 12.7 Å². The van der Waals surface area contributed by atoms with Crippen LogP contribution in [0.5, 0.6) is 0 Å². The lowest BCUT2D eigenvalue weighted by Crippen LogP contribution is -2.29. The molecule has 0 amide bonds. The number of hydrogen-bond donors (Lipinski definition) is 1. The van der Waals surface area contributed by atoms with Crippen molar-refractivity contribution in [3.05, 3.63) is 24.2 Å². The maximum absolute atomic E-state index is 5.47. The van der Waals surface area contributed by atoms with Gasteiger partial charge in [0, 0.05) is 12.5 Å². The van der Waals surface area contributed by atoms with Crippen LogP contribution < -0.4 is 5.32 Å². The Kier molecular flexibility index (Phi) is 3.78. The van der Waals surface area contributed by atoms with Crippen LogP contribution >= 0.6 is 12.4 Å². The molecule has 0 bridgehead atoms. The lowest BCUT2D eigenvalue weighted by Gasteiger charge is -2.07. The lowest BCUT2D eigenvalue weighted by molar-refractivity contribution is 0.0963. The molecule has 1 aliphatic heterocycles. The zero-order valence-corrected chi connectivity index (χ0v) is 8.34. The summed E-state index contributed by atoms with van der Waals surface area (Å²) in [6, 6.07) is 4.33. The molecule has 2 rings (SSSR count). The smallest absolute Gasteiger partial charge is 0.115 e. The SMILES string of the molecule is CC1COC(Cc2ccco2)N1.Cl. The molecule has 2 unspecified atom stereocenters.